The second-order valence-corrected chi connectivity index (χ2v) is 6.79. The fourth-order valence-corrected chi connectivity index (χ4v) is 3.11. The average molecular weight is 357 g/mol. The fraction of sp³-hybridized carbons (Fsp3) is 0.222. The van der Waals surface area contributed by atoms with Crippen LogP contribution in [0.1, 0.15) is 25.9 Å². The molecule has 0 radical (unpaired) electrons. The molecule has 3 rings (SSSR count). The van der Waals surface area contributed by atoms with E-state index in [1.54, 1.807) is 24.5 Å². The van der Waals surface area contributed by atoms with Gasteiger partial charge in [-0.15, -0.1) is 11.3 Å². The Balaban J connectivity index is 1.55. The summed E-state index contributed by atoms with van der Waals surface area (Å²) in [5.74, 6) is 1.08. The van der Waals surface area contributed by atoms with E-state index in [1.807, 2.05) is 43.3 Å². The summed E-state index contributed by atoms with van der Waals surface area (Å²) in [4.78, 5) is 14.5. The summed E-state index contributed by atoms with van der Waals surface area (Å²) < 4.78 is 11.0. The second kappa shape index (κ2) is 7.85. The van der Waals surface area contributed by atoms with Crippen molar-refractivity contribution in [2.24, 2.45) is 0 Å². The van der Waals surface area contributed by atoms with Gasteiger partial charge in [0.15, 0.2) is 11.5 Å². The number of ether oxygens (including phenoxy) is 2. The lowest BCUT2D eigenvalue weighted by molar-refractivity contribution is 0.0946. The zero-order chi connectivity index (χ0) is 17.6. The van der Waals surface area contributed by atoms with Gasteiger partial charge in [0, 0.05) is 9.75 Å². The van der Waals surface area contributed by atoms with Crippen LogP contribution in [-0.4, -0.2) is 23.2 Å². The van der Waals surface area contributed by atoms with Crippen LogP contribution < -0.4 is 14.8 Å². The Hall–Kier alpha value is -2.80. The number of rotatable bonds is 7. The highest BCUT2D eigenvalue weighted by atomic mass is 32.1. The molecule has 2 N–H and O–H groups in total. The Morgan fingerprint density at radius 2 is 2.04 bits per heavy atom. The molecule has 0 unspecified atom stereocenters. The summed E-state index contributed by atoms with van der Waals surface area (Å²) in [5.41, 5.74) is 1.05. The highest BCUT2D eigenvalue weighted by Crippen LogP contribution is 2.26. The van der Waals surface area contributed by atoms with Crippen molar-refractivity contribution in [3.63, 3.8) is 0 Å². The van der Waals surface area contributed by atoms with Crippen molar-refractivity contribution < 1.29 is 14.3 Å². The smallest absolute Gasteiger partial charge is 0.272 e. The number of hydrogen-bond donors (Lipinski definition) is 2. The minimum Gasteiger partial charge on any atom is -0.493 e. The van der Waals surface area contributed by atoms with Gasteiger partial charge in [0.05, 0.1) is 19.3 Å². The van der Waals surface area contributed by atoms with Gasteiger partial charge in [-0.05, 0) is 37.3 Å². The van der Waals surface area contributed by atoms with Crippen molar-refractivity contribution in [1.82, 2.24) is 15.5 Å². The van der Waals surface area contributed by atoms with Gasteiger partial charge in [-0.3, -0.25) is 9.89 Å². The summed E-state index contributed by atoms with van der Waals surface area (Å²) >= 11 is 1.66. The van der Waals surface area contributed by atoms with Crippen LogP contribution >= 0.6 is 11.3 Å². The van der Waals surface area contributed by atoms with Gasteiger partial charge in [0.25, 0.3) is 5.91 Å². The van der Waals surface area contributed by atoms with E-state index in [1.165, 1.54) is 4.88 Å². The third-order valence-electron chi connectivity index (χ3n) is 3.53. The highest BCUT2D eigenvalue weighted by Gasteiger charge is 2.11. The minimum absolute atomic E-state index is 0.217. The Morgan fingerprint density at radius 3 is 2.76 bits per heavy atom. The third kappa shape index (κ3) is 4.39. The number of H-pyrrole nitrogens is 1. The second-order valence-electron chi connectivity index (χ2n) is 5.41. The van der Waals surface area contributed by atoms with Gasteiger partial charge in [-0.2, -0.15) is 5.10 Å². The molecule has 130 valence electrons. The van der Waals surface area contributed by atoms with E-state index in [2.05, 4.69) is 15.5 Å². The van der Waals surface area contributed by atoms with Crippen molar-refractivity contribution in [3.05, 3.63) is 63.6 Å². The van der Waals surface area contributed by atoms with E-state index in [4.69, 9.17) is 9.47 Å². The first kappa shape index (κ1) is 17.0. The van der Waals surface area contributed by atoms with Crippen LogP contribution in [0, 0.1) is 6.92 Å². The molecular formula is C18H19N3O3S. The molecule has 1 aromatic carbocycles. The number of aromatic amines is 1. The number of thiophene rings is 1. The predicted molar refractivity (Wildman–Crippen MR) is 96.1 cm³/mol. The number of methoxy groups -OCH3 is 1. The number of carbonyl (C=O) groups excluding carboxylic acids is 1. The number of aryl methyl sites for hydroxylation is 1. The lowest BCUT2D eigenvalue weighted by atomic mass is 10.3. The maximum absolute atomic E-state index is 12.2. The third-order valence-corrected chi connectivity index (χ3v) is 4.54. The fourth-order valence-electron chi connectivity index (χ4n) is 2.28. The van der Waals surface area contributed by atoms with Crippen molar-refractivity contribution >= 4 is 17.2 Å². The Morgan fingerprint density at radius 1 is 1.24 bits per heavy atom. The summed E-state index contributed by atoms with van der Waals surface area (Å²) in [7, 11) is 1.59. The SMILES string of the molecule is COc1ccccc1OCc1cc(C(=O)NCc2ccc(C)s2)n[nH]1. The summed E-state index contributed by atoms with van der Waals surface area (Å²) in [6.07, 6.45) is 0. The molecule has 1 amide bonds. The standard InChI is InChI=1S/C18H19N3O3S/c1-12-7-8-14(25-12)10-19-18(22)15-9-13(20-21-15)11-24-17-6-4-3-5-16(17)23-2/h3-9H,10-11H2,1-2H3,(H,19,22)(H,20,21). The quantitative estimate of drug-likeness (QED) is 0.680. The largest absolute Gasteiger partial charge is 0.493 e. The minimum atomic E-state index is -0.217. The molecule has 0 aliphatic rings. The maximum Gasteiger partial charge on any atom is 0.272 e. The zero-order valence-corrected chi connectivity index (χ0v) is 14.9. The molecule has 0 aliphatic heterocycles. The highest BCUT2D eigenvalue weighted by molar-refractivity contribution is 7.11. The predicted octanol–water partition coefficient (Wildman–Crippen LogP) is 3.30. The maximum atomic E-state index is 12.2. The topological polar surface area (TPSA) is 76.2 Å². The summed E-state index contributed by atoms with van der Waals surface area (Å²) in [5, 5.41) is 9.73. The normalized spacial score (nSPS) is 10.5. The lowest BCUT2D eigenvalue weighted by Gasteiger charge is -2.08. The molecule has 2 aromatic heterocycles. The van der Waals surface area contributed by atoms with Gasteiger partial charge in [0.2, 0.25) is 0 Å². The van der Waals surface area contributed by atoms with Crippen LogP contribution in [0.2, 0.25) is 0 Å². The monoisotopic (exact) mass is 357 g/mol. The molecule has 0 saturated carbocycles. The van der Waals surface area contributed by atoms with E-state index in [-0.39, 0.29) is 12.5 Å². The zero-order valence-electron chi connectivity index (χ0n) is 14.0. The van der Waals surface area contributed by atoms with E-state index < -0.39 is 0 Å². The Kier molecular flexibility index (Phi) is 5.35. The van der Waals surface area contributed by atoms with E-state index in [0.29, 0.717) is 29.4 Å². The molecule has 0 aliphatic carbocycles. The summed E-state index contributed by atoms with van der Waals surface area (Å²) in [6.45, 7) is 2.81. The number of benzene rings is 1. The Bertz CT molecular complexity index is 857. The molecule has 3 aromatic rings. The van der Waals surface area contributed by atoms with Crippen LogP contribution in [0.3, 0.4) is 0 Å². The van der Waals surface area contributed by atoms with E-state index in [9.17, 15) is 4.79 Å². The van der Waals surface area contributed by atoms with Crippen LogP contribution in [0.4, 0.5) is 0 Å². The number of nitrogens with zero attached hydrogens (tertiary/aromatic N) is 1. The first-order valence-electron chi connectivity index (χ1n) is 7.79. The van der Waals surface area contributed by atoms with E-state index >= 15 is 0 Å². The van der Waals surface area contributed by atoms with Gasteiger partial charge in [0.1, 0.15) is 12.3 Å². The average Bonchev–Trinajstić information content (AvgIpc) is 3.27. The molecule has 7 heteroatoms. The molecule has 0 spiro atoms. The summed E-state index contributed by atoms with van der Waals surface area (Å²) in [6, 6.07) is 13.1. The molecule has 0 fully saturated rings. The Labute approximate surface area is 149 Å². The number of carbonyl (C=O) groups is 1. The number of nitrogens with one attached hydrogen (secondary N) is 2. The molecule has 2 heterocycles. The van der Waals surface area contributed by atoms with Crippen LogP contribution in [0.5, 0.6) is 11.5 Å². The molecule has 0 bridgehead atoms. The van der Waals surface area contributed by atoms with Crippen LogP contribution in [0.25, 0.3) is 0 Å². The van der Waals surface area contributed by atoms with Crippen molar-refractivity contribution in [3.8, 4) is 11.5 Å². The molecule has 6 nitrogen and oxygen atoms in total. The molecule has 0 saturated heterocycles. The van der Waals surface area contributed by atoms with Gasteiger partial charge < -0.3 is 14.8 Å². The number of amides is 1. The van der Waals surface area contributed by atoms with Crippen molar-refractivity contribution in [1.29, 1.82) is 0 Å². The first-order valence-corrected chi connectivity index (χ1v) is 8.61. The number of para-hydroxylation sites is 2. The van der Waals surface area contributed by atoms with Gasteiger partial charge >= 0.3 is 0 Å². The van der Waals surface area contributed by atoms with Crippen LogP contribution in [-0.2, 0) is 13.2 Å². The van der Waals surface area contributed by atoms with Crippen molar-refractivity contribution in [2.45, 2.75) is 20.1 Å². The van der Waals surface area contributed by atoms with Crippen LogP contribution in [0.15, 0.2) is 42.5 Å². The van der Waals surface area contributed by atoms with Gasteiger partial charge in [-0.1, -0.05) is 12.1 Å². The van der Waals surface area contributed by atoms with Gasteiger partial charge in [-0.25, -0.2) is 0 Å². The van der Waals surface area contributed by atoms with E-state index in [0.717, 1.165) is 4.88 Å². The van der Waals surface area contributed by atoms with Crippen molar-refractivity contribution in [2.75, 3.05) is 7.11 Å². The molecular weight excluding hydrogens is 338 g/mol. The molecule has 25 heavy (non-hydrogen) atoms. The number of hydrogen-bond acceptors (Lipinski definition) is 5. The lowest BCUT2D eigenvalue weighted by Crippen LogP contribution is -2.22. The molecule has 0 atom stereocenters. The number of aromatic nitrogens is 2. The first-order chi connectivity index (χ1) is 12.2.